The molecule has 4 rings (SSSR count). The number of rotatable bonds is 12. The van der Waals surface area contributed by atoms with Gasteiger partial charge in [-0.05, 0) is 53.1 Å². The average Bonchev–Trinajstić information content (AvgIpc) is 2.94. The molecule has 0 aromatic heterocycles. The fraction of sp³-hybridized carbons (Fsp3) is 0.167. The van der Waals surface area contributed by atoms with E-state index in [1.165, 1.54) is 16.4 Å². The lowest BCUT2D eigenvalue weighted by molar-refractivity contribution is -0.143. The Morgan fingerprint density at radius 2 is 1.48 bits per heavy atom. The fourth-order valence-corrected chi connectivity index (χ4v) is 6.63. The van der Waals surface area contributed by atoms with Crippen LogP contribution in [0.2, 0.25) is 10.0 Å². The van der Waals surface area contributed by atoms with E-state index < -0.39 is 28.0 Å². The second kappa shape index (κ2) is 13.8. The number of nitrogens with one attached hydrogen (secondary N) is 1. The summed E-state index contributed by atoms with van der Waals surface area (Å²) in [5, 5.41) is 14.5. The van der Waals surface area contributed by atoms with Gasteiger partial charge < -0.3 is 10.4 Å². The Morgan fingerprint density at radius 3 is 2.05 bits per heavy atom. The zero-order valence-electron chi connectivity index (χ0n) is 21.3. The number of carbonyl (C=O) groups is 1. The first-order valence-corrected chi connectivity index (χ1v) is 15.4. The Morgan fingerprint density at radius 1 is 0.875 bits per heavy atom. The lowest BCUT2D eigenvalue weighted by Gasteiger charge is -2.31. The monoisotopic (exact) mass is 660 g/mol. The minimum atomic E-state index is -4.08. The predicted octanol–water partition coefficient (Wildman–Crippen LogP) is 7.18. The first kappa shape index (κ1) is 30.2. The maximum atomic E-state index is 13.9. The van der Waals surface area contributed by atoms with E-state index >= 15 is 0 Å². The molecule has 0 amide bonds. The zero-order valence-corrected chi connectivity index (χ0v) is 25.2. The molecule has 2 unspecified atom stereocenters. The van der Waals surface area contributed by atoms with Gasteiger partial charge in [0, 0.05) is 40.2 Å². The Balaban J connectivity index is 1.76. The second-order valence-corrected chi connectivity index (χ2v) is 12.9. The lowest BCUT2D eigenvalue weighted by atomic mass is 9.92. The highest BCUT2D eigenvalue weighted by atomic mass is 79.9. The van der Waals surface area contributed by atoms with Crippen LogP contribution in [0.5, 0.6) is 0 Å². The van der Waals surface area contributed by atoms with Gasteiger partial charge in [0.05, 0.1) is 10.8 Å². The summed E-state index contributed by atoms with van der Waals surface area (Å²) < 4.78 is 29.8. The molecule has 0 radical (unpaired) electrons. The fourth-order valence-electron chi connectivity index (χ4n) is 4.38. The van der Waals surface area contributed by atoms with Crippen LogP contribution in [0.4, 0.5) is 0 Å². The highest BCUT2D eigenvalue weighted by molar-refractivity contribution is 9.10. The van der Waals surface area contributed by atoms with Crippen molar-refractivity contribution >= 4 is 55.1 Å². The van der Waals surface area contributed by atoms with Crippen LogP contribution in [0.3, 0.4) is 0 Å². The molecular formula is C30H27BrCl2N2O4S. The molecule has 4 aromatic rings. The van der Waals surface area contributed by atoms with E-state index in [9.17, 15) is 18.3 Å². The quantitative estimate of drug-likeness (QED) is 0.168. The molecule has 0 fully saturated rings. The normalized spacial score (nSPS) is 13.2. The van der Waals surface area contributed by atoms with Crippen molar-refractivity contribution in [1.82, 2.24) is 9.62 Å². The number of nitrogens with zero attached hydrogens (tertiary/aromatic N) is 1. The zero-order chi connectivity index (χ0) is 28.7. The molecule has 0 saturated carbocycles. The smallest absolute Gasteiger partial charge is 0.309 e. The predicted molar refractivity (Wildman–Crippen MR) is 162 cm³/mol. The molecule has 10 heteroatoms. The van der Waals surface area contributed by atoms with Crippen LogP contribution < -0.4 is 5.32 Å². The van der Waals surface area contributed by atoms with Crippen LogP contribution in [-0.4, -0.2) is 30.3 Å². The van der Waals surface area contributed by atoms with E-state index in [0.717, 1.165) is 15.6 Å². The highest BCUT2D eigenvalue weighted by Crippen LogP contribution is 2.33. The van der Waals surface area contributed by atoms with Crippen molar-refractivity contribution in [2.75, 3.05) is 6.54 Å². The molecule has 40 heavy (non-hydrogen) atoms. The lowest BCUT2D eigenvalue weighted by Crippen LogP contribution is -2.43. The van der Waals surface area contributed by atoms with Gasteiger partial charge in [0.2, 0.25) is 10.0 Å². The van der Waals surface area contributed by atoms with Crippen molar-refractivity contribution in [3.8, 4) is 0 Å². The second-order valence-electron chi connectivity index (χ2n) is 9.19. The molecule has 0 aliphatic heterocycles. The number of carboxylic acid groups (broad SMARTS) is 1. The summed E-state index contributed by atoms with van der Waals surface area (Å²) in [5.41, 5.74) is 2.17. The minimum absolute atomic E-state index is 0.0111. The van der Waals surface area contributed by atoms with Crippen LogP contribution in [-0.2, 0) is 27.9 Å². The van der Waals surface area contributed by atoms with Crippen molar-refractivity contribution in [2.45, 2.75) is 24.0 Å². The van der Waals surface area contributed by atoms with E-state index in [0.29, 0.717) is 17.1 Å². The van der Waals surface area contributed by atoms with Crippen LogP contribution in [0.15, 0.2) is 112 Å². The van der Waals surface area contributed by atoms with Gasteiger partial charge >= 0.3 is 5.97 Å². The van der Waals surface area contributed by atoms with Gasteiger partial charge in [-0.15, -0.1) is 0 Å². The number of halogens is 3. The third-order valence-electron chi connectivity index (χ3n) is 6.44. The average molecular weight is 662 g/mol. The molecular weight excluding hydrogens is 635 g/mol. The molecule has 0 aliphatic rings. The first-order chi connectivity index (χ1) is 19.1. The topological polar surface area (TPSA) is 86.7 Å². The van der Waals surface area contributed by atoms with Gasteiger partial charge in [-0.3, -0.25) is 4.79 Å². The summed E-state index contributed by atoms with van der Waals surface area (Å²) in [6.45, 7) is 0.0171. The van der Waals surface area contributed by atoms with E-state index in [1.807, 2.05) is 48.5 Å². The van der Waals surface area contributed by atoms with Crippen LogP contribution in [0, 0.1) is 5.92 Å². The first-order valence-electron chi connectivity index (χ1n) is 12.4. The molecule has 0 bridgehead atoms. The molecule has 0 heterocycles. The largest absolute Gasteiger partial charge is 0.481 e. The Hall–Kier alpha value is -2.72. The van der Waals surface area contributed by atoms with E-state index in [-0.39, 0.29) is 23.0 Å². The molecule has 0 saturated heterocycles. The Labute approximate surface area is 252 Å². The molecule has 4 aromatic carbocycles. The summed E-state index contributed by atoms with van der Waals surface area (Å²) in [4.78, 5) is 12.9. The molecule has 208 valence electrons. The SMILES string of the molecule is O=C(O)C(CN(Cc1ccccc1)S(=O)(=O)c1ccc(Br)cc1)C(NCc1ccccc1)c1ccc(Cl)cc1Cl. The van der Waals surface area contributed by atoms with E-state index in [1.54, 1.807) is 42.5 Å². The van der Waals surface area contributed by atoms with Crippen LogP contribution in [0.1, 0.15) is 22.7 Å². The summed E-state index contributed by atoms with van der Waals surface area (Å²) >= 11 is 16.0. The van der Waals surface area contributed by atoms with Crippen LogP contribution >= 0.6 is 39.1 Å². The van der Waals surface area contributed by atoms with E-state index in [4.69, 9.17) is 23.2 Å². The number of hydrogen-bond acceptors (Lipinski definition) is 4. The molecule has 2 atom stereocenters. The molecule has 2 N–H and O–H groups in total. The van der Waals surface area contributed by atoms with Gasteiger partial charge in [0.1, 0.15) is 0 Å². The van der Waals surface area contributed by atoms with Crippen LogP contribution in [0.25, 0.3) is 0 Å². The maximum Gasteiger partial charge on any atom is 0.309 e. The van der Waals surface area contributed by atoms with Crippen molar-refractivity contribution in [3.63, 3.8) is 0 Å². The van der Waals surface area contributed by atoms with Crippen molar-refractivity contribution in [3.05, 3.63) is 134 Å². The Bertz CT molecular complexity index is 1540. The number of benzene rings is 4. The summed E-state index contributed by atoms with van der Waals surface area (Å²) in [5.74, 6) is -2.36. The van der Waals surface area contributed by atoms with Crippen molar-refractivity contribution < 1.29 is 18.3 Å². The number of carboxylic acids is 1. The van der Waals surface area contributed by atoms with Gasteiger partial charge in [-0.25, -0.2) is 8.42 Å². The summed E-state index contributed by atoms with van der Waals surface area (Å²) in [6.07, 6.45) is 0. The standard InChI is InChI=1S/C30H27BrCl2N2O4S/c31-23-11-14-25(15-12-23)40(38,39)35(19-22-9-5-2-6-10-22)20-27(30(36)37)29(26-16-13-24(32)17-28(26)33)34-18-21-7-3-1-4-8-21/h1-17,27,29,34H,18-20H2,(H,36,37). The summed E-state index contributed by atoms with van der Waals surface area (Å²) in [6, 6.07) is 28.9. The molecule has 6 nitrogen and oxygen atoms in total. The highest BCUT2D eigenvalue weighted by Gasteiger charge is 2.36. The van der Waals surface area contributed by atoms with Crippen molar-refractivity contribution in [1.29, 1.82) is 0 Å². The molecule has 0 aliphatic carbocycles. The minimum Gasteiger partial charge on any atom is -0.481 e. The third-order valence-corrected chi connectivity index (χ3v) is 9.36. The number of hydrogen-bond donors (Lipinski definition) is 2. The van der Waals surface area contributed by atoms with E-state index in [2.05, 4.69) is 21.2 Å². The van der Waals surface area contributed by atoms with Gasteiger partial charge in [0.15, 0.2) is 0 Å². The van der Waals surface area contributed by atoms with Gasteiger partial charge in [-0.1, -0.05) is 106 Å². The van der Waals surface area contributed by atoms with Crippen molar-refractivity contribution in [2.24, 2.45) is 5.92 Å². The number of aliphatic carboxylic acids is 1. The summed E-state index contributed by atoms with van der Waals surface area (Å²) in [7, 11) is -4.08. The Kier molecular flexibility index (Phi) is 10.4. The number of sulfonamides is 1. The maximum absolute atomic E-state index is 13.9. The van der Waals surface area contributed by atoms with Gasteiger partial charge in [0.25, 0.3) is 0 Å². The molecule has 0 spiro atoms. The third kappa shape index (κ3) is 7.72. The van der Waals surface area contributed by atoms with Gasteiger partial charge in [-0.2, -0.15) is 4.31 Å².